The van der Waals surface area contributed by atoms with Crippen molar-refractivity contribution in [2.24, 2.45) is 0 Å². The molecule has 0 radical (unpaired) electrons. The molecule has 4 heterocycles. The fourth-order valence-corrected chi connectivity index (χ4v) is 8.83. The fourth-order valence-electron chi connectivity index (χ4n) is 5.92. The first-order valence-corrected chi connectivity index (χ1v) is 15.5. The van der Waals surface area contributed by atoms with Crippen molar-refractivity contribution in [1.82, 2.24) is 0 Å². The predicted octanol–water partition coefficient (Wildman–Crippen LogP) is 5.74. The number of hydrogen-bond acceptors (Lipinski definition) is 5. The second kappa shape index (κ2) is 10.2. The Morgan fingerprint density at radius 3 is 2.55 bits per heavy atom. The molecule has 0 spiro atoms. The molecule has 0 unspecified atom stereocenters. The van der Waals surface area contributed by atoms with Gasteiger partial charge < -0.3 is 23.4 Å². The van der Waals surface area contributed by atoms with Crippen molar-refractivity contribution in [3.8, 4) is 0 Å². The topological polar surface area (TPSA) is 46.2 Å². The Labute approximate surface area is 190 Å². The van der Waals surface area contributed by atoms with Crippen LogP contribution in [0.3, 0.4) is 0 Å². The Balaban J connectivity index is 1.51. The molecule has 4 aliphatic rings. The van der Waals surface area contributed by atoms with Gasteiger partial charge >= 0.3 is 0 Å². The van der Waals surface area contributed by atoms with E-state index in [1.54, 1.807) is 0 Å². The van der Waals surface area contributed by atoms with Gasteiger partial charge in [-0.05, 0) is 69.7 Å². The minimum absolute atomic E-state index is 0.0494. The summed E-state index contributed by atoms with van der Waals surface area (Å²) >= 11 is 0. The van der Waals surface area contributed by atoms with Crippen LogP contribution < -0.4 is 0 Å². The van der Waals surface area contributed by atoms with Gasteiger partial charge in [-0.1, -0.05) is 20.8 Å². The summed E-state index contributed by atoms with van der Waals surface area (Å²) < 4.78 is 32.5. The zero-order chi connectivity index (χ0) is 21.9. The lowest BCUT2D eigenvalue weighted by Crippen LogP contribution is -2.49. The molecule has 3 fully saturated rings. The molecular formula is C25H44O5Si. The predicted molar refractivity (Wildman–Crippen MR) is 125 cm³/mol. The maximum Gasteiger partial charge on any atom is 0.192 e. The van der Waals surface area contributed by atoms with Crippen molar-refractivity contribution in [2.75, 3.05) is 13.2 Å². The molecule has 178 valence electrons. The molecule has 0 aromatic carbocycles. The first-order valence-electron chi connectivity index (χ1n) is 13.0. The molecule has 3 saturated heterocycles. The smallest absolute Gasteiger partial charge is 0.192 e. The van der Waals surface area contributed by atoms with Crippen molar-refractivity contribution in [1.29, 1.82) is 0 Å². The average Bonchev–Trinajstić information content (AvgIpc) is 2.96. The molecule has 0 amide bonds. The van der Waals surface area contributed by atoms with E-state index in [2.05, 4.69) is 33.8 Å². The Morgan fingerprint density at radius 1 is 1.00 bits per heavy atom. The van der Waals surface area contributed by atoms with E-state index in [1.165, 1.54) is 18.1 Å². The zero-order valence-corrected chi connectivity index (χ0v) is 21.2. The van der Waals surface area contributed by atoms with E-state index in [1.807, 2.05) is 0 Å². The van der Waals surface area contributed by atoms with E-state index in [9.17, 15) is 0 Å². The Bertz CT molecular complexity index is 613. The van der Waals surface area contributed by atoms with Crippen LogP contribution in [0.5, 0.6) is 0 Å². The van der Waals surface area contributed by atoms with Gasteiger partial charge in [0.05, 0.1) is 30.2 Å². The van der Waals surface area contributed by atoms with Gasteiger partial charge in [0.15, 0.2) is 8.32 Å². The molecule has 0 aromatic rings. The van der Waals surface area contributed by atoms with Gasteiger partial charge in [-0.25, -0.2) is 0 Å². The number of rotatable bonds is 7. The maximum atomic E-state index is 7.04. The first kappa shape index (κ1) is 23.7. The summed E-state index contributed by atoms with van der Waals surface area (Å²) in [6.07, 6.45) is 11.2. The monoisotopic (exact) mass is 452 g/mol. The van der Waals surface area contributed by atoms with Crippen LogP contribution in [0.15, 0.2) is 11.8 Å². The van der Waals surface area contributed by atoms with Crippen LogP contribution in [-0.2, 0) is 23.4 Å². The highest BCUT2D eigenvalue weighted by Gasteiger charge is 2.44. The number of ether oxygens (including phenoxy) is 4. The summed E-state index contributed by atoms with van der Waals surface area (Å²) in [4.78, 5) is 0. The van der Waals surface area contributed by atoms with E-state index in [-0.39, 0.29) is 36.1 Å². The molecule has 6 heteroatoms. The normalized spacial score (nSPS) is 39.0. The summed E-state index contributed by atoms with van der Waals surface area (Å²) in [5.74, 6) is 1.08. The lowest BCUT2D eigenvalue weighted by Gasteiger charge is -2.44. The summed E-state index contributed by atoms with van der Waals surface area (Å²) in [6.45, 7) is 10.8. The first-order chi connectivity index (χ1) is 15.0. The van der Waals surface area contributed by atoms with E-state index in [4.69, 9.17) is 23.4 Å². The van der Waals surface area contributed by atoms with Gasteiger partial charge in [-0.15, -0.1) is 0 Å². The molecule has 31 heavy (non-hydrogen) atoms. The summed E-state index contributed by atoms with van der Waals surface area (Å²) in [7, 11) is -1.72. The number of hydrogen-bond donors (Lipinski definition) is 0. The van der Waals surface area contributed by atoms with E-state index < -0.39 is 8.32 Å². The van der Waals surface area contributed by atoms with E-state index in [0.717, 1.165) is 70.3 Å². The summed E-state index contributed by atoms with van der Waals surface area (Å²) in [5, 5.41) is 0. The van der Waals surface area contributed by atoms with Crippen LogP contribution >= 0.6 is 0 Å². The largest absolute Gasteiger partial charge is 0.492 e. The molecule has 4 rings (SSSR count). The molecule has 0 saturated carbocycles. The SMILES string of the molecule is CC[Si](CC)(CC)O[C@H]1CC[C@H]2OCCC[C@@H]2O[C@@H]1CC1=CC[C@]2(C)OCCC[C@H]2O1. The standard InChI is InChI=1S/C25H44O5Si/c1-5-31(6-2,7-3)30-22-13-12-20-21(10-8-16-26-20)29-23(22)18-19-14-15-25(4)24(28-19)11-9-17-27-25/h14,20-24H,5-13,15-18H2,1-4H3/t20-,21+,22+,23-,24-,25+/m1/s1. The zero-order valence-electron chi connectivity index (χ0n) is 20.2. The third-order valence-electron chi connectivity index (χ3n) is 8.37. The lowest BCUT2D eigenvalue weighted by atomic mass is 9.86. The quantitative estimate of drug-likeness (QED) is 0.461. The summed E-state index contributed by atoms with van der Waals surface area (Å²) in [6, 6.07) is 3.51. The Morgan fingerprint density at radius 2 is 1.77 bits per heavy atom. The van der Waals surface area contributed by atoms with Gasteiger partial charge in [-0.2, -0.15) is 0 Å². The minimum atomic E-state index is -1.72. The molecule has 5 nitrogen and oxygen atoms in total. The molecule has 0 aromatic heterocycles. The molecule has 4 aliphatic heterocycles. The fraction of sp³-hybridized carbons (Fsp3) is 0.920. The van der Waals surface area contributed by atoms with Crippen molar-refractivity contribution >= 4 is 8.32 Å². The van der Waals surface area contributed by atoms with Crippen LogP contribution in [0.2, 0.25) is 18.1 Å². The van der Waals surface area contributed by atoms with Crippen LogP contribution in [0.4, 0.5) is 0 Å². The maximum absolute atomic E-state index is 7.04. The van der Waals surface area contributed by atoms with Gasteiger partial charge in [0.1, 0.15) is 11.7 Å². The second-order valence-corrected chi connectivity index (χ2v) is 15.0. The van der Waals surface area contributed by atoms with Gasteiger partial charge in [0.25, 0.3) is 0 Å². The molecule has 6 atom stereocenters. The van der Waals surface area contributed by atoms with Crippen LogP contribution in [0.1, 0.15) is 79.1 Å². The van der Waals surface area contributed by atoms with Crippen LogP contribution in [-0.4, -0.2) is 57.7 Å². The third kappa shape index (κ3) is 5.24. The summed E-state index contributed by atoms with van der Waals surface area (Å²) in [5.41, 5.74) is -0.168. The van der Waals surface area contributed by atoms with E-state index >= 15 is 0 Å². The highest BCUT2D eigenvalue weighted by molar-refractivity contribution is 6.73. The average molecular weight is 453 g/mol. The van der Waals surface area contributed by atoms with Gasteiger partial charge in [-0.3, -0.25) is 0 Å². The highest BCUT2D eigenvalue weighted by Crippen LogP contribution is 2.40. The van der Waals surface area contributed by atoms with Crippen molar-refractivity contribution in [2.45, 2.75) is 133 Å². The van der Waals surface area contributed by atoms with Crippen LogP contribution in [0.25, 0.3) is 0 Å². The molecular weight excluding hydrogens is 408 g/mol. The molecule has 0 N–H and O–H groups in total. The minimum Gasteiger partial charge on any atom is -0.492 e. The van der Waals surface area contributed by atoms with Gasteiger partial charge in [0, 0.05) is 26.1 Å². The Kier molecular flexibility index (Phi) is 7.85. The third-order valence-corrected chi connectivity index (χ3v) is 13.0. The van der Waals surface area contributed by atoms with Crippen molar-refractivity contribution in [3.05, 3.63) is 11.8 Å². The highest BCUT2D eigenvalue weighted by atomic mass is 28.4. The Hall–Kier alpha value is -0.403. The van der Waals surface area contributed by atoms with E-state index in [0.29, 0.717) is 0 Å². The molecule has 0 aliphatic carbocycles. The van der Waals surface area contributed by atoms with Crippen molar-refractivity contribution in [3.63, 3.8) is 0 Å². The lowest BCUT2D eigenvalue weighted by molar-refractivity contribution is -0.166. The van der Waals surface area contributed by atoms with Gasteiger partial charge in [0.2, 0.25) is 0 Å². The van der Waals surface area contributed by atoms with Crippen LogP contribution in [0, 0.1) is 0 Å². The second-order valence-electron chi connectivity index (χ2n) is 10.2. The van der Waals surface area contributed by atoms with Crippen molar-refractivity contribution < 1.29 is 23.4 Å². The molecule has 0 bridgehead atoms. The number of fused-ring (bicyclic) bond motifs is 2.